The Morgan fingerprint density at radius 3 is 3.00 bits per heavy atom. The monoisotopic (exact) mass is 214 g/mol. The Bertz CT molecular complexity index is 367. The van der Waals surface area contributed by atoms with Crippen LogP contribution in [0.25, 0.3) is 0 Å². The van der Waals surface area contributed by atoms with E-state index in [4.69, 9.17) is 18.0 Å². The standard InChI is InChI=1S/C8H7ClN2OS/c1-3-4-10-7(12)6-5(2)13-8(9)11-6/h1H,4H2,2H3,(H,10,12). The molecule has 68 valence electrons. The van der Waals surface area contributed by atoms with E-state index in [0.717, 1.165) is 4.88 Å². The molecule has 13 heavy (non-hydrogen) atoms. The molecular formula is C8H7ClN2OS. The van der Waals surface area contributed by atoms with E-state index in [-0.39, 0.29) is 12.5 Å². The lowest BCUT2D eigenvalue weighted by Gasteiger charge is -1.97. The Labute approximate surface area is 85.1 Å². The minimum atomic E-state index is -0.279. The lowest BCUT2D eigenvalue weighted by atomic mass is 10.3. The highest BCUT2D eigenvalue weighted by atomic mass is 35.5. The molecule has 0 radical (unpaired) electrons. The summed E-state index contributed by atoms with van der Waals surface area (Å²) in [6.07, 6.45) is 4.99. The molecule has 1 aromatic rings. The van der Waals surface area contributed by atoms with Crippen molar-refractivity contribution in [3.63, 3.8) is 0 Å². The third-order valence-electron chi connectivity index (χ3n) is 1.34. The Balaban J connectivity index is 2.78. The molecule has 5 heteroatoms. The van der Waals surface area contributed by atoms with Crippen molar-refractivity contribution in [3.05, 3.63) is 15.0 Å². The fraction of sp³-hybridized carbons (Fsp3) is 0.250. The minimum Gasteiger partial charge on any atom is -0.340 e. The SMILES string of the molecule is C#CCNC(=O)c1nc(Cl)sc1C. The molecule has 0 aliphatic rings. The number of carbonyl (C=O) groups excluding carboxylic acids is 1. The van der Waals surface area contributed by atoms with E-state index >= 15 is 0 Å². The third kappa shape index (κ3) is 2.44. The van der Waals surface area contributed by atoms with Crippen LogP contribution in [-0.4, -0.2) is 17.4 Å². The van der Waals surface area contributed by atoms with Crippen LogP contribution in [0.3, 0.4) is 0 Å². The van der Waals surface area contributed by atoms with Gasteiger partial charge in [0.25, 0.3) is 5.91 Å². The van der Waals surface area contributed by atoms with Crippen LogP contribution >= 0.6 is 22.9 Å². The maximum atomic E-state index is 11.3. The fourth-order valence-electron chi connectivity index (χ4n) is 0.790. The van der Waals surface area contributed by atoms with E-state index in [9.17, 15) is 4.79 Å². The highest BCUT2D eigenvalue weighted by molar-refractivity contribution is 7.15. The summed E-state index contributed by atoms with van der Waals surface area (Å²) in [6, 6.07) is 0. The molecule has 0 aliphatic heterocycles. The summed E-state index contributed by atoms with van der Waals surface area (Å²) in [4.78, 5) is 16.0. The number of terminal acetylenes is 1. The van der Waals surface area contributed by atoms with Gasteiger partial charge in [-0.3, -0.25) is 4.79 Å². The van der Waals surface area contributed by atoms with Crippen molar-refractivity contribution >= 4 is 28.8 Å². The number of aromatic nitrogens is 1. The van der Waals surface area contributed by atoms with Crippen LogP contribution in [0.4, 0.5) is 0 Å². The fourth-order valence-corrected chi connectivity index (χ4v) is 1.85. The predicted molar refractivity (Wildman–Crippen MR) is 53.0 cm³/mol. The minimum absolute atomic E-state index is 0.202. The van der Waals surface area contributed by atoms with Crippen LogP contribution in [0.2, 0.25) is 4.47 Å². The summed E-state index contributed by atoms with van der Waals surface area (Å²) in [6.45, 7) is 1.99. The Kier molecular flexibility index (Phi) is 3.29. The Morgan fingerprint density at radius 1 is 1.85 bits per heavy atom. The number of halogens is 1. The smallest absolute Gasteiger partial charge is 0.271 e. The maximum absolute atomic E-state index is 11.3. The largest absolute Gasteiger partial charge is 0.340 e. The zero-order valence-electron chi connectivity index (χ0n) is 6.93. The van der Waals surface area contributed by atoms with Gasteiger partial charge >= 0.3 is 0 Å². The van der Waals surface area contributed by atoms with Gasteiger partial charge in [-0.1, -0.05) is 17.5 Å². The zero-order chi connectivity index (χ0) is 9.84. The van der Waals surface area contributed by atoms with Gasteiger partial charge in [-0.25, -0.2) is 4.98 Å². The lowest BCUT2D eigenvalue weighted by Crippen LogP contribution is -2.24. The summed E-state index contributed by atoms with van der Waals surface area (Å²) >= 11 is 6.90. The van der Waals surface area contributed by atoms with E-state index in [1.54, 1.807) is 6.92 Å². The number of nitrogens with zero attached hydrogens (tertiary/aromatic N) is 1. The molecule has 0 aliphatic carbocycles. The number of rotatable bonds is 2. The topological polar surface area (TPSA) is 42.0 Å². The number of aryl methyl sites for hydroxylation is 1. The number of amides is 1. The first kappa shape index (κ1) is 10.0. The molecule has 0 unspecified atom stereocenters. The first-order chi connectivity index (χ1) is 6.15. The predicted octanol–water partition coefficient (Wildman–Crippen LogP) is 1.47. The molecular weight excluding hydrogens is 208 g/mol. The molecule has 1 rings (SSSR count). The van der Waals surface area contributed by atoms with Crippen molar-refractivity contribution < 1.29 is 4.79 Å². The van der Waals surface area contributed by atoms with Crippen LogP contribution in [-0.2, 0) is 0 Å². The summed E-state index contributed by atoms with van der Waals surface area (Å²) < 4.78 is 0.364. The van der Waals surface area contributed by atoms with Gasteiger partial charge in [0.1, 0.15) is 5.69 Å². The first-order valence-electron chi connectivity index (χ1n) is 3.49. The molecule has 0 spiro atoms. The van der Waals surface area contributed by atoms with Gasteiger partial charge < -0.3 is 5.32 Å². The maximum Gasteiger partial charge on any atom is 0.271 e. The van der Waals surface area contributed by atoms with E-state index in [1.165, 1.54) is 11.3 Å². The van der Waals surface area contributed by atoms with E-state index in [0.29, 0.717) is 10.2 Å². The molecule has 0 aromatic carbocycles. The van der Waals surface area contributed by atoms with Crippen molar-refractivity contribution in [1.29, 1.82) is 0 Å². The van der Waals surface area contributed by atoms with Gasteiger partial charge in [-0.15, -0.1) is 17.8 Å². The van der Waals surface area contributed by atoms with Crippen molar-refractivity contribution in [3.8, 4) is 12.3 Å². The normalized spacial score (nSPS) is 9.31. The molecule has 0 atom stereocenters. The molecule has 0 saturated heterocycles. The molecule has 0 saturated carbocycles. The summed E-state index contributed by atoms with van der Waals surface area (Å²) in [5.41, 5.74) is 0.352. The van der Waals surface area contributed by atoms with Crippen molar-refractivity contribution in [2.24, 2.45) is 0 Å². The van der Waals surface area contributed by atoms with Crippen LogP contribution in [0, 0.1) is 19.3 Å². The number of hydrogen-bond donors (Lipinski definition) is 1. The Morgan fingerprint density at radius 2 is 2.54 bits per heavy atom. The van der Waals surface area contributed by atoms with Gasteiger partial charge in [-0.05, 0) is 6.92 Å². The number of carbonyl (C=O) groups is 1. The highest BCUT2D eigenvalue weighted by Gasteiger charge is 2.13. The molecule has 3 nitrogen and oxygen atoms in total. The third-order valence-corrected chi connectivity index (χ3v) is 2.41. The van der Waals surface area contributed by atoms with E-state index < -0.39 is 0 Å². The van der Waals surface area contributed by atoms with Crippen LogP contribution in [0.1, 0.15) is 15.4 Å². The van der Waals surface area contributed by atoms with Gasteiger partial charge in [0.2, 0.25) is 0 Å². The van der Waals surface area contributed by atoms with Crippen LogP contribution in [0.15, 0.2) is 0 Å². The molecule has 0 fully saturated rings. The number of thiazole rings is 1. The number of nitrogens with one attached hydrogen (secondary N) is 1. The van der Waals surface area contributed by atoms with Gasteiger partial charge in [0, 0.05) is 4.88 Å². The van der Waals surface area contributed by atoms with Gasteiger partial charge in [0.15, 0.2) is 4.47 Å². The molecule has 0 bridgehead atoms. The van der Waals surface area contributed by atoms with Gasteiger partial charge in [-0.2, -0.15) is 0 Å². The summed E-state index contributed by atoms with van der Waals surface area (Å²) in [5, 5.41) is 2.51. The molecule has 1 amide bonds. The first-order valence-corrected chi connectivity index (χ1v) is 4.69. The average molecular weight is 215 g/mol. The molecule has 1 heterocycles. The van der Waals surface area contributed by atoms with Crippen molar-refractivity contribution in [2.75, 3.05) is 6.54 Å². The average Bonchev–Trinajstić information content (AvgIpc) is 2.41. The summed E-state index contributed by atoms with van der Waals surface area (Å²) in [5.74, 6) is 2.03. The van der Waals surface area contributed by atoms with Crippen LogP contribution < -0.4 is 5.32 Å². The van der Waals surface area contributed by atoms with Crippen molar-refractivity contribution in [2.45, 2.75) is 6.92 Å². The second-order valence-electron chi connectivity index (χ2n) is 2.26. The quantitative estimate of drug-likeness (QED) is 0.758. The second-order valence-corrected chi connectivity index (χ2v) is 4.04. The van der Waals surface area contributed by atoms with E-state index in [2.05, 4.69) is 16.2 Å². The molecule has 1 aromatic heterocycles. The van der Waals surface area contributed by atoms with Gasteiger partial charge in [0.05, 0.1) is 6.54 Å². The number of hydrogen-bond acceptors (Lipinski definition) is 3. The lowest BCUT2D eigenvalue weighted by molar-refractivity contribution is 0.0954. The Hall–Kier alpha value is -1.05. The van der Waals surface area contributed by atoms with Crippen LogP contribution in [0.5, 0.6) is 0 Å². The highest BCUT2D eigenvalue weighted by Crippen LogP contribution is 2.21. The molecule has 1 N–H and O–H groups in total. The summed E-state index contributed by atoms with van der Waals surface area (Å²) in [7, 11) is 0. The second kappa shape index (κ2) is 4.26. The van der Waals surface area contributed by atoms with E-state index in [1.807, 2.05) is 0 Å². The van der Waals surface area contributed by atoms with Crippen molar-refractivity contribution in [1.82, 2.24) is 10.3 Å². The zero-order valence-corrected chi connectivity index (χ0v) is 8.50.